The first-order valence-electron chi connectivity index (χ1n) is 6.08. The van der Waals surface area contributed by atoms with Crippen molar-refractivity contribution in [3.05, 3.63) is 51.7 Å². The number of carbonyl (C=O) groups is 2. The Hall–Kier alpha value is -2.65. The van der Waals surface area contributed by atoms with Gasteiger partial charge in [0.25, 0.3) is 0 Å². The van der Waals surface area contributed by atoms with Gasteiger partial charge in [0.05, 0.1) is 30.9 Å². The fourth-order valence-electron chi connectivity index (χ4n) is 1.74. The summed E-state index contributed by atoms with van der Waals surface area (Å²) < 4.78 is 4.65. The molecule has 1 aromatic heterocycles. The number of nitrogens with one attached hydrogen (secondary N) is 1. The SMILES string of the molecule is COC(=O)c1sccc1NC(=O)Cc1ccc(C#N)cc1. The highest BCUT2D eigenvalue weighted by atomic mass is 32.1. The first kappa shape index (κ1) is 14.8. The lowest BCUT2D eigenvalue weighted by atomic mass is 10.1. The third-order valence-electron chi connectivity index (χ3n) is 2.76. The maximum absolute atomic E-state index is 12.0. The molecule has 2 aromatic rings. The van der Waals surface area contributed by atoms with Crippen LogP contribution in [-0.2, 0) is 16.0 Å². The second kappa shape index (κ2) is 6.68. The third kappa shape index (κ3) is 3.68. The van der Waals surface area contributed by atoms with Crippen LogP contribution in [0.1, 0.15) is 20.8 Å². The van der Waals surface area contributed by atoms with E-state index in [4.69, 9.17) is 5.26 Å². The Labute approximate surface area is 125 Å². The molecule has 0 bridgehead atoms. The van der Waals surface area contributed by atoms with Crippen molar-refractivity contribution >= 4 is 28.9 Å². The monoisotopic (exact) mass is 300 g/mol. The number of nitrogens with zero attached hydrogens (tertiary/aromatic N) is 1. The molecule has 21 heavy (non-hydrogen) atoms. The zero-order valence-corrected chi connectivity index (χ0v) is 12.1. The number of benzene rings is 1. The van der Waals surface area contributed by atoms with E-state index in [-0.39, 0.29) is 12.3 Å². The number of methoxy groups -OCH3 is 1. The molecule has 106 valence electrons. The smallest absolute Gasteiger partial charge is 0.350 e. The third-order valence-corrected chi connectivity index (χ3v) is 3.65. The Morgan fingerprint density at radius 2 is 2.00 bits per heavy atom. The van der Waals surface area contributed by atoms with Crippen molar-refractivity contribution in [2.45, 2.75) is 6.42 Å². The highest BCUT2D eigenvalue weighted by molar-refractivity contribution is 7.12. The average Bonchev–Trinajstić information content (AvgIpc) is 2.95. The number of hydrogen-bond donors (Lipinski definition) is 1. The normalized spacial score (nSPS) is 9.71. The van der Waals surface area contributed by atoms with Crippen LogP contribution >= 0.6 is 11.3 Å². The standard InChI is InChI=1S/C15H12N2O3S/c1-20-15(19)14-12(6-7-21-14)17-13(18)8-10-2-4-11(9-16)5-3-10/h2-7H,8H2,1H3,(H,17,18). The molecule has 0 fully saturated rings. The van der Waals surface area contributed by atoms with Crippen LogP contribution < -0.4 is 5.32 Å². The van der Waals surface area contributed by atoms with Gasteiger partial charge in [-0.2, -0.15) is 5.26 Å². The molecule has 1 aromatic carbocycles. The van der Waals surface area contributed by atoms with Crippen LogP contribution in [0, 0.1) is 11.3 Å². The van der Waals surface area contributed by atoms with Crippen molar-refractivity contribution in [1.29, 1.82) is 5.26 Å². The van der Waals surface area contributed by atoms with Crippen LogP contribution in [0.2, 0.25) is 0 Å². The quantitative estimate of drug-likeness (QED) is 0.880. The van der Waals surface area contributed by atoms with Crippen molar-refractivity contribution in [1.82, 2.24) is 0 Å². The molecule has 0 spiro atoms. The summed E-state index contributed by atoms with van der Waals surface area (Å²) in [5.41, 5.74) is 1.79. The highest BCUT2D eigenvalue weighted by Crippen LogP contribution is 2.23. The van der Waals surface area contributed by atoms with Crippen molar-refractivity contribution in [2.75, 3.05) is 12.4 Å². The predicted molar refractivity (Wildman–Crippen MR) is 79.1 cm³/mol. The minimum atomic E-state index is -0.473. The second-order valence-corrected chi connectivity index (χ2v) is 5.10. The van der Waals surface area contributed by atoms with E-state index < -0.39 is 5.97 Å². The van der Waals surface area contributed by atoms with E-state index in [0.29, 0.717) is 16.1 Å². The molecule has 0 aliphatic rings. The lowest BCUT2D eigenvalue weighted by Crippen LogP contribution is -2.16. The lowest BCUT2D eigenvalue weighted by molar-refractivity contribution is -0.115. The molecule has 0 aliphatic heterocycles. The Kier molecular flexibility index (Phi) is 4.69. The summed E-state index contributed by atoms with van der Waals surface area (Å²) in [4.78, 5) is 23.9. The minimum absolute atomic E-state index is 0.169. The molecule has 1 N–H and O–H groups in total. The van der Waals surface area contributed by atoms with E-state index in [2.05, 4.69) is 10.1 Å². The molecular weight excluding hydrogens is 288 g/mol. The van der Waals surface area contributed by atoms with Gasteiger partial charge in [0, 0.05) is 0 Å². The molecule has 0 radical (unpaired) electrons. The molecule has 0 unspecified atom stereocenters. The Balaban J connectivity index is 2.03. The Morgan fingerprint density at radius 3 is 2.62 bits per heavy atom. The highest BCUT2D eigenvalue weighted by Gasteiger charge is 2.15. The largest absolute Gasteiger partial charge is 0.465 e. The number of ether oxygens (including phenoxy) is 1. The topological polar surface area (TPSA) is 79.2 Å². The molecule has 1 amide bonds. The fourth-order valence-corrected chi connectivity index (χ4v) is 2.50. The summed E-state index contributed by atoms with van der Waals surface area (Å²) in [6.07, 6.45) is 0.169. The Bertz CT molecular complexity index is 698. The van der Waals surface area contributed by atoms with Gasteiger partial charge in [-0.3, -0.25) is 4.79 Å². The van der Waals surface area contributed by atoms with Gasteiger partial charge in [-0.15, -0.1) is 11.3 Å². The van der Waals surface area contributed by atoms with E-state index >= 15 is 0 Å². The number of amides is 1. The second-order valence-electron chi connectivity index (χ2n) is 4.19. The van der Waals surface area contributed by atoms with Crippen LogP contribution in [-0.4, -0.2) is 19.0 Å². The van der Waals surface area contributed by atoms with Gasteiger partial charge >= 0.3 is 5.97 Å². The van der Waals surface area contributed by atoms with E-state index in [1.807, 2.05) is 6.07 Å². The van der Waals surface area contributed by atoms with E-state index in [0.717, 1.165) is 5.56 Å². The maximum Gasteiger partial charge on any atom is 0.350 e. The number of rotatable bonds is 4. The van der Waals surface area contributed by atoms with Crippen LogP contribution in [0.25, 0.3) is 0 Å². The number of hydrogen-bond acceptors (Lipinski definition) is 5. The van der Waals surface area contributed by atoms with Gasteiger partial charge in [-0.05, 0) is 29.1 Å². The fraction of sp³-hybridized carbons (Fsp3) is 0.133. The van der Waals surface area contributed by atoms with E-state index in [9.17, 15) is 9.59 Å². The van der Waals surface area contributed by atoms with Crippen LogP contribution in [0.3, 0.4) is 0 Å². The van der Waals surface area contributed by atoms with Crippen molar-refractivity contribution in [3.8, 4) is 6.07 Å². The summed E-state index contributed by atoms with van der Waals surface area (Å²) in [7, 11) is 1.30. The minimum Gasteiger partial charge on any atom is -0.465 e. The molecule has 5 nitrogen and oxygen atoms in total. The van der Waals surface area contributed by atoms with E-state index in [1.165, 1.54) is 18.4 Å². The number of anilines is 1. The molecular formula is C15H12N2O3S. The summed E-state index contributed by atoms with van der Waals surface area (Å²) >= 11 is 1.21. The number of carbonyl (C=O) groups excluding carboxylic acids is 2. The zero-order chi connectivity index (χ0) is 15.2. The van der Waals surface area contributed by atoms with Gasteiger partial charge in [0.2, 0.25) is 5.91 Å². The summed E-state index contributed by atoms with van der Waals surface area (Å²) in [5.74, 6) is -0.707. The number of nitriles is 1. The molecule has 0 atom stereocenters. The summed E-state index contributed by atoms with van der Waals surface area (Å²) in [6, 6.07) is 10.5. The lowest BCUT2D eigenvalue weighted by Gasteiger charge is -2.05. The van der Waals surface area contributed by atoms with E-state index in [1.54, 1.807) is 35.7 Å². The first-order chi connectivity index (χ1) is 10.1. The molecule has 2 rings (SSSR count). The van der Waals surface area contributed by atoms with Gasteiger partial charge in [0.15, 0.2) is 0 Å². The van der Waals surface area contributed by atoms with Gasteiger partial charge < -0.3 is 10.1 Å². The first-order valence-corrected chi connectivity index (χ1v) is 6.96. The number of thiophene rings is 1. The molecule has 0 saturated carbocycles. The van der Waals surface area contributed by atoms with Crippen molar-refractivity contribution in [2.24, 2.45) is 0 Å². The van der Waals surface area contributed by atoms with Crippen LogP contribution in [0.4, 0.5) is 5.69 Å². The van der Waals surface area contributed by atoms with Crippen LogP contribution in [0.5, 0.6) is 0 Å². The van der Waals surface area contributed by atoms with Gasteiger partial charge in [0.1, 0.15) is 4.88 Å². The Morgan fingerprint density at radius 1 is 1.29 bits per heavy atom. The van der Waals surface area contributed by atoms with Crippen molar-refractivity contribution in [3.63, 3.8) is 0 Å². The molecule has 0 saturated heterocycles. The van der Waals surface area contributed by atoms with Crippen molar-refractivity contribution < 1.29 is 14.3 Å². The molecule has 0 aliphatic carbocycles. The maximum atomic E-state index is 12.0. The summed E-state index contributed by atoms with van der Waals surface area (Å²) in [6.45, 7) is 0. The predicted octanol–water partition coefficient (Wildman–Crippen LogP) is 2.59. The average molecular weight is 300 g/mol. The number of esters is 1. The molecule has 6 heteroatoms. The summed E-state index contributed by atoms with van der Waals surface area (Å²) in [5, 5.41) is 13.1. The zero-order valence-electron chi connectivity index (χ0n) is 11.3. The van der Waals surface area contributed by atoms with Gasteiger partial charge in [-0.1, -0.05) is 12.1 Å². The molecule has 1 heterocycles. The van der Waals surface area contributed by atoms with Gasteiger partial charge in [-0.25, -0.2) is 4.79 Å². The van der Waals surface area contributed by atoms with Crippen LogP contribution in [0.15, 0.2) is 35.7 Å².